The van der Waals surface area contributed by atoms with Crippen molar-refractivity contribution in [3.63, 3.8) is 0 Å². The van der Waals surface area contributed by atoms with Crippen molar-refractivity contribution >= 4 is 37.1 Å². The van der Waals surface area contributed by atoms with Crippen molar-refractivity contribution in [3.05, 3.63) is 29.3 Å². The van der Waals surface area contributed by atoms with Crippen LogP contribution in [-0.2, 0) is 27.9 Å². The van der Waals surface area contributed by atoms with E-state index in [1.54, 1.807) is 0 Å². The number of aromatic amines is 1. The normalized spacial score (nSPS) is 22.8. The average Bonchev–Trinajstić information content (AvgIpc) is 3.33. The molecular formula is C16H21N6O8P. The van der Waals surface area contributed by atoms with E-state index in [1.165, 1.54) is 10.9 Å². The molecular weight excluding hydrogens is 435 g/mol. The maximum absolute atomic E-state index is 12.0. The van der Waals surface area contributed by atoms with Gasteiger partial charge in [-0.25, -0.2) is 9.55 Å². The third-order valence-corrected chi connectivity index (χ3v) is 5.38. The number of fused-ring (bicyclic) bond motifs is 1. The molecule has 0 bridgehead atoms. The molecule has 0 radical (unpaired) electrons. The van der Waals surface area contributed by atoms with Crippen molar-refractivity contribution in [2.45, 2.75) is 18.8 Å². The van der Waals surface area contributed by atoms with Crippen LogP contribution in [0, 0.1) is 5.92 Å². The highest BCUT2D eigenvalue weighted by molar-refractivity contribution is 7.47. The topological polar surface area (TPSA) is 201 Å². The first-order chi connectivity index (χ1) is 14.7. The number of nitrogen functional groups attached to an aromatic ring is 1. The van der Waals surface area contributed by atoms with E-state index < -0.39 is 37.5 Å². The Bertz CT molecular complexity index is 1080. The lowest BCUT2D eigenvalue weighted by molar-refractivity contribution is -0.116. The molecule has 4 atom stereocenters. The fourth-order valence-corrected chi connectivity index (χ4v) is 3.78. The Morgan fingerprint density at radius 3 is 3.03 bits per heavy atom. The Kier molecular flexibility index (Phi) is 6.97. The molecule has 2 aromatic heterocycles. The summed E-state index contributed by atoms with van der Waals surface area (Å²) in [6.45, 7) is 2.65. The van der Waals surface area contributed by atoms with E-state index in [9.17, 15) is 23.8 Å². The van der Waals surface area contributed by atoms with Crippen LogP contribution in [0.1, 0.15) is 12.6 Å². The molecule has 0 spiro atoms. The Balaban J connectivity index is 1.61. The number of anilines is 1. The first-order valence-corrected chi connectivity index (χ1v) is 10.6. The second-order valence-corrected chi connectivity index (χ2v) is 8.01. The summed E-state index contributed by atoms with van der Waals surface area (Å²) in [5.41, 5.74) is 5.20. The largest absolute Gasteiger partial charge is 0.472 e. The zero-order chi connectivity index (χ0) is 22.6. The second kappa shape index (κ2) is 9.49. The molecule has 0 saturated carbocycles. The molecule has 14 nitrogen and oxygen atoms in total. The summed E-state index contributed by atoms with van der Waals surface area (Å²) in [5.74, 6) is -1.23. The van der Waals surface area contributed by atoms with Crippen LogP contribution in [0.5, 0.6) is 0 Å². The van der Waals surface area contributed by atoms with E-state index >= 15 is 0 Å². The summed E-state index contributed by atoms with van der Waals surface area (Å²) >= 11 is 0. The van der Waals surface area contributed by atoms with Crippen molar-refractivity contribution in [2.24, 2.45) is 5.92 Å². The van der Waals surface area contributed by atoms with Crippen molar-refractivity contribution in [3.8, 4) is 0 Å². The zero-order valence-corrected chi connectivity index (χ0v) is 17.1. The van der Waals surface area contributed by atoms with Crippen molar-refractivity contribution in [1.82, 2.24) is 24.8 Å². The molecule has 168 valence electrons. The fourth-order valence-electron chi connectivity index (χ4n) is 3.03. The number of phosphoric acid groups is 1. The highest BCUT2D eigenvalue weighted by Gasteiger charge is 2.38. The Hall–Kier alpha value is -2.90. The number of rotatable bonds is 10. The van der Waals surface area contributed by atoms with Gasteiger partial charge in [0.25, 0.3) is 5.56 Å². The number of aromatic nitrogens is 4. The van der Waals surface area contributed by atoms with Crippen molar-refractivity contribution in [1.29, 1.82) is 0 Å². The molecule has 3 rings (SSSR count). The van der Waals surface area contributed by atoms with Gasteiger partial charge in [0.15, 0.2) is 11.2 Å². The standard InChI is InChI=1S/C16H21N6O8P/c1-2-11(24)18-3-4-28-31(26,27)29-7-10-5-9(6-23)15(30-10)22-8-19-12-13(22)20-16(17)21-14(12)25/h2,6,8-10,15H,1,3-5,7H2,(H,18,24)(H,26,27)(H3,17,20,21,25). The molecule has 5 N–H and O–H groups in total. The number of phosphoric ester groups is 1. The number of H-pyrrole nitrogens is 1. The highest BCUT2D eigenvalue weighted by Crippen LogP contribution is 2.44. The minimum atomic E-state index is -4.41. The Morgan fingerprint density at radius 1 is 1.55 bits per heavy atom. The number of carbonyl (C=O) groups excluding carboxylic acids is 2. The van der Waals surface area contributed by atoms with Crippen LogP contribution in [0.15, 0.2) is 23.8 Å². The van der Waals surface area contributed by atoms with Gasteiger partial charge in [0, 0.05) is 6.54 Å². The van der Waals surface area contributed by atoms with E-state index in [4.69, 9.17) is 19.5 Å². The van der Waals surface area contributed by atoms with Crippen molar-refractivity contribution < 1.29 is 32.8 Å². The molecule has 1 aliphatic rings. The fraction of sp³-hybridized carbons (Fsp3) is 0.438. The molecule has 0 aliphatic carbocycles. The third-order valence-electron chi connectivity index (χ3n) is 4.40. The van der Waals surface area contributed by atoms with Gasteiger partial charge in [-0.3, -0.25) is 28.2 Å². The van der Waals surface area contributed by atoms with Crippen LogP contribution in [0.4, 0.5) is 5.95 Å². The quantitative estimate of drug-likeness (QED) is 0.151. The van der Waals surface area contributed by atoms with Gasteiger partial charge < -0.3 is 25.5 Å². The van der Waals surface area contributed by atoms with Gasteiger partial charge in [-0.1, -0.05) is 6.58 Å². The number of nitrogens with zero attached hydrogens (tertiary/aromatic N) is 3. The predicted molar refractivity (Wildman–Crippen MR) is 106 cm³/mol. The van der Waals surface area contributed by atoms with Crippen LogP contribution in [-0.4, -0.2) is 62.5 Å². The van der Waals surface area contributed by atoms with Gasteiger partial charge in [-0.05, 0) is 12.5 Å². The number of imidazole rings is 1. The van der Waals surface area contributed by atoms with Crippen LogP contribution in [0.25, 0.3) is 11.2 Å². The van der Waals surface area contributed by atoms with Gasteiger partial charge in [-0.15, -0.1) is 0 Å². The molecule has 4 unspecified atom stereocenters. The lowest BCUT2D eigenvalue weighted by Gasteiger charge is -2.18. The highest BCUT2D eigenvalue weighted by atomic mass is 31.2. The minimum Gasteiger partial charge on any atom is -0.369 e. The van der Waals surface area contributed by atoms with Crippen LogP contribution in [0.2, 0.25) is 0 Å². The van der Waals surface area contributed by atoms with Gasteiger partial charge >= 0.3 is 7.82 Å². The predicted octanol–water partition coefficient (Wildman–Crippen LogP) is -0.760. The monoisotopic (exact) mass is 456 g/mol. The molecule has 31 heavy (non-hydrogen) atoms. The average molecular weight is 456 g/mol. The minimum absolute atomic E-state index is 0.0169. The molecule has 1 saturated heterocycles. The van der Waals surface area contributed by atoms with Crippen LogP contribution < -0.4 is 16.6 Å². The van der Waals surface area contributed by atoms with E-state index in [1.807, 2.05) is 0 Å². The number of aldehydes is 1. The van der Waals surface area contributed by atoms with E-state index in [0.29, 0.717) is 6.29 Å². The lowest BCUT2D eigenvalue weighted by atomic mass is 10.1. The summed E-state index contributed by atoms with van der Waals surface area (Å²) in [4.78, 5) is 54.6. The zero-order valence-electron chi connectivity index (χ0n) is 16.2. The molecule has 3 heterocycles. The molecule has 15 heteroatoms. The van der Waals surface area contributed by atoms with Gasteiger partial charge in [0.1, 0.15) is 12.5 Å². The van der Waals surface area contributed by atoms with Gasteiger partial charge in [0.2, 0.25) is 11.9 Å². The third kappa shape index (κ3) is 5.42. The molecule has 1 amide bonds. The second-order valence-electron chi connectivity index (χ2n) is 6.55. The summed E-state index contributed by atoms with van der Waals surface area (Å²) < 4.78 is 28.8. The molecule has 0 aromatic carbocycles. The van der Waals surface area contributed by atoms with E-state index in [2.05, 4.69) is 26.8 Å². The summed E-state index contributed by atoms with van der Waals surface area (Å²) in [5, 5.41) is 2.38. The first-order valence-electron chi connectivity index (χ1n) is 9.09. The Morgan fingerprint density at radius 2 is 2.32 bits per heavy atom. The van der Waals surface area contributed by atoms with Crippen LogP contribution >= 0.6 is 7.82 Å². The number of amides is 1. The number of hydrogen-bond acceptors (Lipinski definition) is 10. The Labute approximate surface area is 175 Å². The number of nitrogens with two attached hydrogens (primary N) is 1. The van der Waals surface area contributed by atoms with E-state index in [0.717, 1.165) is 6.08 Å². The number of ether oxygens (including phenoxy) is 1. The molecule has 1 fully saturated rings. The van der Waals surface area contributed by atoms with Crippen LogP contribution in [0.3, 0.4) is 0 Å². The number of nitrogens with one attached hydrogen (secondary N) is 2. The maximum atomic E-state index is 12.0. The lowest BCUT2D eigenvalue weighted by Crippen LogP contribution is -2.25. The summed E-state index contributed by atoms with van der Waals surface area (Å²) in [7, 11) is -4.41. The SMILES string of the molecule is C=CC(=O)NCCOP(=O)(O)OCC1CC(C=O)C(n2cnc3c(=O)[nH]c(N)nc32)O1. The molecule has 2 aromatic rings. The summed E-state index contributed by atoms with van der Waals surface area (Å²) in [6.07, 6.45) is 1.62. The summed E-state index contributed by atoms with van der Waals surface area (Å²) in [6, 6.07) is 0. The van der Waals surface area contributed by atoms with Gasteiger partial charge in [-0.2, -0.15) is 4.98 Å². The van der Waals surface area contributed by atoms with Crippen molar-refractivity contribution in [2.75, 3.05) is 25.5 Å². The van der Waals surface area contributed by atoms with E-state index in [-0.39, 0.29) is 43.3 Å². The smallest absolute Gasteiger partial charge is 0.369 e. The number of carbonyl (C=O) groups is 2. The van der Waals surface area contributed by atoms with Gasteiger partial charge in [0.05, 0.1) is 31.6 Å². The maximum Gasteiger partial charge on any atom is 0.472 e. The number of hydrogen-bond donors (Lipinski definition) is 4. The molecule has 1 aliphatic heterocycles. The first kappa shape index (κ1) is 22.8.